The van der Waals surface area contributed by atoms with Crippen LogP contribution >= 0.6 is 0 Å². The summed E-state index contributed by atoms with van der Waals surface area (Å²) in [6.07, 6.45) is 6.15. The fraction of sp³-hybridized carbons (Fsp3) is 0.464. The quantitative estimate of drug-likeness (QED) is 0.735. The van der Waals surface area contributed by atoms with E-state index in [0.29, 0.717) is 38.1 Å². The molecular weight excluding hydrogens is 442 g/mol. The maximum Gasteiger partial charge on any atom is 0.251 e. The van der Waals surface area contributed by atoms with Crippen molar-refractivity contribution in [2.75, 3.05) is 32.8 Å². The maximum atomic E-state index is 13.1. The number of amides is 3. The number of benzene rings is 2. The van der Waals surface area contributed by atoms with Crippen molar-refractivity contribution in [3.8, 4) is 5.75 Å². The monoisotopic (exact) mass is 477 g/mol. The van der Waals surface area contributed by atoms with Crippen molar-refractivity contribution in [1.82, 2.24) is 15.1 Å². The number of nitrogens with one attached hydrogen (secondary N) is 1. The standard InChI is InChI=1S/C28H35N3O4/c32-26-13-7-16-30(27(33)21-29-28(34)23-9-2-1-3-10-23)18-19-35-25-12-6-8-22(20-25)14-15-24-11-4-5-17-31(24)26/h1-3,6,8-10,12,20,24H,4-5,7,11,13-19,21H2,(H,29,34). The molecule has 0 aromatic heterocycles. The molecule has 1 unspecified atom stereocenters. The Kier molecular flexibility index (Phi) is 8.76. The molecule has 1 atom stereocenters. The molecule has 2 aromatic rings. The third-order valence-corrected chi connectivity index (χ3v) is 6.85. The molecular formula is C28H35N3O4. The van der Waals surface area contributed by atoms with Crippen LogP contribution in [0.15, 0.2) is 54.6 Å². The number of carbonyl (C=O) groups is 3. The molecule has 1 fully saturated rings. The second-order valence-corrected chi connectivity index (χ2v) is 9.30. The van der Waals surface area contributed by atoms with Crippen LogP contribution in [0.25, 0.3) is 0 Å². The van der Waals surface area contributed by atoms with Crippen molar-refractivity contribution in [1.29, 1.82) is 0 Å². The number of fused-ring (bicyclic) bond motifs is 3. The van der Waals surface area contributed by atoms with Crippen molar-refractivity contribution in [2.45, 2.75) is 51.0 Å². The van der Waals surface area contributed by atoms with Crippen molar-refractivity contribution in [2.24, 2.45) is 0 Å². The van der Waals surface area contributed by atoms with Gasteiger partial charge in [-0.15, -0.1) is 0 Å². The first-order chi connectivity index (χ1) is 17.1. The summed E-state index contributed by atoms with van der Waals surface area (Å²) < 4.78 is 5.97. The average molecular weight is 478 g/mol. The highest BCUT2D eigenvalue weighted by atomic mass is 16.5. The number of carbonyl (C=O) groups excluding carboxylic acids is 3. The molecule has 0 aliphatic carbocycles. The van der Waals surface area contributed by atoms with E-state index >= 15 is 0 Å². The van der Waals surface area contributed by atoms with Gasteiger partial charge in [-0.25, -0.2) is 0 Å². The molecule has 3 amide bonds. The molecule has 0 radical (unpaired) electrons. The first-order valence-electron chi connectivity index (χ1n) is 12.7. The van der Waals surface area contributed by atoms with Gasteiger partial charge in [-0.05, 0) is 68.4 Å². The Labute approximate surface area is 207 Å². The van der Waals surface area contributed by atoms with Gasteiger partial charge in [0.15, 0.2) is 0 Å². The van der Waals surface area contributed by atoms with E-state index in [1.54, 1.807) is 29.2 Å². The normalized spacial score (nSPS) is 19.5. The van der Waals surface area contributed by atoms with E-state index < -0.39 is 0 Å². The number of piperidine rings is 1. The van der Waals surface area contributed by atoms with Crippen molar-refractivity contribution in [3.05, 3.63) is 65.7 Å². The van der Waals surface area contributed by atoms with Gasteiger partial charge in [0.1, 0.15) is 12.4 Å². The highest BCUT2D eigenvalue weighted by Gasteiger charge is 2.26. The zero-order valence-corrected chi connectivity index (χ0v) is 20.3. The number of ether oxygens (including phenoxy) is 1. The van der Waals surface area contributed by atoms with E-state index in [2.05, 4.69) is 22.3 Å². The van der Waals surface area contributed by atoms with E-state index in [0.717, 1.165) is 44.4 Å². The summed E-state index contributed by atoms with van der Waals surface area (Å²) in [7, 11) is 0. The molecule has 7 heteroatoms. The zero-order chi connectivity index (χ0) is 24.5. The van der Waals surface area contributed by atoms with E-state index in [1.165, 1.54) is 5.56 Å². The van der Waals surface area contributed by atoms with Crippen molar-refractivity contribution < 1.29 is 19.1 Å². The molecule has 0 spiro atoms. The topological polar surface area (TPSA) is 79.0 Å². The molecule has 1 saturated heterocycles. The Balaban J connectivity index is 1.42. The van der Waals surface area contributed by atoms with Crippen LogP contribution in [0.1, 0.15) is 54.4 Å². The van der Waals surface area contributed by atoms with Gasteiger partial charge in [0.25, 0.3) is 5.91 Å². The molecule has 2 heterocycles. The Bertz CT molecular complexity index is 1010. The number of aryl methyl sites for hydroxylation is 1. The summed E-state index contributed by atoms with van der Waals surface area (Å²) in [4.78, 5) is 42.1. The predicted octanol–water partition coefficient (Wildman–Crippen LogP) is 3.43. The molecule has 186 valence electrons. The van der Waals surface area contributed by atoms with Crippen LogP contribution in [-0.2, 0) is 16.0 Å². The third kappa shape index (κ3) is 7.07. The second kappa shape index (κ2) is 12.4. The Morgan fingerprint density at radius 2 is 1.77 bits per heavy atom. The van der Waals surface area contributed by atoms with Crippen LogP contribution in [0.5, 0.6) is 5.75 Å². The van der Waals surface area contributed by atoms with Gasteiger partial charge in [-0.2, -0.15) is 0 Å². The SMILES string of the molecule is O=C(NCC(=O)N1CCCC(=O)N2CCCCC2CCc2cccc(c2)OCC1)c1ccccc1. The Morgan fingerprint density at radius 3 is 2.63 bits per heavy atom. The number of hydrogen-bond acceptors (Lipinski definition) is 4. The minimum Gasteiger partial charge on any atom is -0.492 e. The van der Waals surface area contributed by atoms with E-state index in [9.17, 15) is 14.4 Å². The van der Waals surface area contributed by atoms with Crippen LogP contribution in [0.4, 0.5) is 0 Å². The minimum atomic E-state index is -0.281. The molecule has 7 nitrogen and oxygen atoms in total. The number of nitrogens with zero attached hydrogens (tertiary/aromatic N) is 2. The minimum absolute atomic E-state index is 0.0919. The summed E-state index contributed by atoms with van der Waals surface area (Å²) in [5.41, 5.74) is 1.72. The fourth-order valence-corrected chi connectivity index (χ4v) is 4.91. The van der Waals surface area contributed by atoms with Crippen molar-refractivity contribution in [3.63, 3.8) is 0 Å². The van der Waals surface area contributed by atoms with Crippen LogP contribution in [-0.4, -0.2) is 66.3 Å². The third-order valence-electron chi connectivity index (χ3n) is 6.85. The van der Waals surface area contributed by atoms with Gasteiger partial charge in [0.2, 0.25) is 11.8 Å². The van der Waals surface area contributed by atoms with Crippen LogP contribution in [0, 0.1) is 0 Å². The molecule has 2 bridgehead atoms. The second-order valence-electron chi connectivity index (χ2n) is 9.30. The smallest absolute Gasteiger partial charge is 0.251 e. The largest absolute Gasteiger partial charge is 0.492 e. The molecule has 1 N–H and O–H groups in total. The highest BCUT2D eigenvalue weighted by Crippen LogP contribution is 2.24. The number of hydrogen-bond donors (Lipinski definition) is 1. The molecule has 2 aliphatic heterocycles. The van der Waals surface area contributed by atoms with Crippen LogP contribution < -0.4 is 10.1 Å². The predicted molar refractivity (Wildman–Crippen MR) is 134 cm³/mol. The Hall–Kier alpha value is -3.35. The number of rotatable bonds is 3. The van der Waals surface area contributed by atoms with Gasteiger partial charge in [-0.1, -0.05) is 30.3 Å². The summed E-state index contributed by atoms with van der Waals surface area (Å²) in [5.74, 6) is 0.508. The van der Waals surface area contributed by atoms with Gasteiger partial charge >= 0.3 is 0 Å². The molecule has 35 heavy (non-hydrogen) atoms. The first-order valence-corrected chi connectivity index (χ1v) is 12.7. The maximum absolute atomic E-state index is 13.1. The molecule has 2 aliphatic rings. The van der Waals surface area contributed by atoms with E-state index in [-0.39, 0.29) is 30.3 Å². The van der Waals surface area contributed by atoms with E-state index in [4.69, 9.17) is 4.74 Å². The summed E-state index contributed by atoms with van der Waals surface area (Å²) in [6, 6.07) is 17.2. The average Bonchev–Trinajstić information content (AvgIpc) is 2.90. The highest BCUT2D eigenvalue weighted by molar-refractivity contribution is 5.96. The van der Waals surface area contributed by atoms with E-state index in [1.807, 2.05) is 18.2 Å². The summed E-state index contributed by atoms with van der Waals surface area (Å²) in [5, 5.41) is 2.71. The molecule has 2 aromatic carbocycles. The van der Waals surface area contributed by atoms with Crippen LogP contribution in [0.3, 0.4) is 0 Å². The van der Waals surface area contributed by atoms with Gasteiger partial charge in [-0.3, -0.25) is 14.4 Å². The zero-order valence-electron chi connectivity index (χ0n) is 20.3. The van der Waals surface area contributed by atoms with Gasteiger partial charge in [0, 0.05) is 31.1 Å². The lowest BCUT2D eigenvalue weighted by Crippen LogP contribution is -2.45. The lowest BCUT2D eigenvalue weighted by atomic mass is 9.95. The summed E-state index contributed by atoms with van der Waals surface area (Å²) in [6.45, 7) is 1.93. The first kappa shape index (κ1) is 24.8. The molecule has 0 saturated carbocycles. The van der Waals surface area contributed by atoms with Gasteiger partial charge < -0.3 is 19.9 Å². The Morgan fingerprint density at radius 1 is 0.914 bits per heavy atom. The fourth-order valence-electron chi connectivity index (χ4n) is 4.91. The van der Waals surface area contributed by atoms with Crippen LogP contribution in [0.2, 0.25) is 0 Å². The molecule has 4 rings (SSSR count). The lowest BCUT2D eigenvalue weighted by Gasteiger charge is -2.36. The van der Waals surface area contributed by atoms with Gasteiger partial charge in [0.05, 0.1) is 13.1 Å². The lowest BCUT2D eigenvalue weighted by molar-refractivity contribution is -0.136. The summed E-state index contributed by atoms with van der Waals surface area (Å²) >= 11 is 0. The van der Waals surface area contributed by atoms with Crippen molar-refractivity contribution >= 4 is 17.7 Å².